The number of unbranched alkanes of at least 4 members (excludes halogenated alkanes) is 27. The number of aliphatic hydroxyl groups is 2. The van der Waals surface area contributed by atoms with E-state index in [0.29, 0.717) is 33.0 Å². The van der Waals surface area contributed by atoms with Gasteiger partial charge in [-0.05, 0) is 20.3 Å². The van der Waals surface area contributed by atoms with Crippen LogP contribution in [0.25, 0.3) is 0 Å². The molecular weight excluding hydrogens is 560 g/mol. The van der Waals surface area contributed by atoms with E-state index in [-0.39, 0.29) is 12.7 Å². The first-order valence-corrected chi connectivity index (χ1v) is 20.1. The number of rotatable bonds is 39. The highest BCUT2D eigenvalue weighted by Gasteiger charge is 2.27. The molecule has 0 heterocycles. The van der Waals surface area contributed by atoms with E-state index < -0.39 is 5.60 Å². The van der Waals surface area contributed by atoms with Crippen LogP contribution in [-0.2, 0) is 14.2 Å². The molecule has 0 aliphatic carbocycles. The van der Waals surface area contributed by atoms with Crippen LogP contribution in [0, 0.1) is 0 Å². The van der Waals surface area contributed by atoms with Crippen molar-refractivity contribution in [2.24, 2.45) is 0 Å². The molecule has 5 nitrogen and oxygen atoms in total. The fraction of sp³-hybridized carbons (Fsp3) is 1.00. The Bertz CT molecular complexity index is 535. The molecule has 0 bridgehead atoms. The molecule has 0 aliphatic rings. The second-order valence-electron chi connectivity index (χ2n) is 14.3. The molecule has 272 valence electrons. The molecule has 0 fully saturated rings. The van der Waals surface area contributed by atoms with Gasteiger partial charge >= 0.3 is 0 Å². The van der Waals surface area contributed by atoms with Crippen molar-refractivity contribution >= 4 is 0 Å². The molecular formula is C40H82O5. The van der Waals surface area contributed by atoms with Crippen LogP contribution in [-0.4, -0.2) is 61.6 Å². The number of hydrogen-bond acceptors (Lipinski definition) is 5. The van der Waals surface area contributed by atoms with Crippen LogP contribution in [0.4, 0.5) is 0 Å². The Hall–Kier alpha value is -0.200. The summed E-state index contributed by atoms with van der Waals surface area (Å²) in [6.07, 6.45) is 40.3. The smallest absolute Gasteiger partial charge is 0.0857 e. The van der Waals surface area contributed by atoms with E-state index in [4.69, 9.17) is 19.3 Å². The highest BCUT2D eigenvalue weighted by atomic mass is 16.6. The molecule has 1 unspecified atom stereocenters. The summed E-state index contributed by atoms with van der Waals surface area (Å²) in [4.78, 5) is 0. The van der Waals surface area contributed by atoms with Crippen LogP contribution in [0.1, 0.15) is 207 Å². The van der Waals surface area contributed by atoms with Crippen molar-refractivity contribution in [2.45, 2.75) is 219 Å². The van der Waals surface area contributed by atoms with E-state index in [2.05, 4.69) is 6.92 Å². The Kier molecular flexibility index (Phi) is 36.5. The van der Waals surface area contributed by atoms with Crippen LogP contribution >= 0.6 is 0 Å². The van der Waals surface area contributed by atoms with Gasteiger partial charge < -0.3 is 24.4 Å². The number of ether oxygens (including phenoxy) is 3. The summed E-state index contributed by atoms with van der Waals surface area (Å²) in [5, 5.41) is 19.2. The largest absolute Gasteiger partial charge is 0.394 e. The third-order valence-electron chi connectivity index (χ3n) is 9.26. The molecule has 45 heavy (non-hydrogen) atoms. The highest BCUT2D eigenvalue weighted by Crippen LogP contribution is 2.21. The third kappa shape index (κ3) is 36.5. The van der Waals surface area contributed by atoms with Crippen molar-refractivity contribution in [3.05, 3.63) is 0 Å². The van der Waals surface area contributed by atoms with Gasteiger partial charge in [0.2, 0.25) is 0 Å². The van der Waals surface area contributed by atoms with Gasteiger partial charge in [0.25, 0.3) is 0 Å². The zero-order valence-corrected chi connectivity index (χ0v) is 30.9. The lowest BCUT2D eigenvalue weighted by Crippen LogP contribution is -2.39. The van der Waals surface area contributed by atoms with Gasteiger partial charge in [-0.15, -0.1) is 0 Å². The molecule has 0 radical (unpaired) electrons. The Morgan fingerprint density at radius 3 is 1.02 bits per heavy atom. The van der Waals surface area contributed by atoms with E-state index in [0.717, 1.165) is 12.8 Å². The summed E-state index contributed by atoms with van der Waals surface area (Å²) in [6.45, 7) is 8.31. The molecule has 0 aromatic rings. The second-order valence-corrected chi connectivity index (χ2v) is 14.3. The SMILES string of the molecule is CCCCCCCCCCCCCCCCCCCCCCCCCCCCCCC(OCCOCCOCCO)C(C)(C)O. The first-order chi connectivity index (χ1) is 22.0. The molecule has 1 atom stereocenters. The summed E-state index contributed by atoms with van der Waals surface area (Å²) < 4.78 is 16.6. The molecule has 0 saturated heterocycles. The van der Waals surface area contributed by atoms with Crippen molar-refractivity contribution in [2.75, 3.05) is 39.6 Å². The zero-order valence-electron chi connectivity index (χ0n) is 30.9. The topological polar surface area (TPSA) is 68.2 Å². The molecule has 5 heteroatoms. The lowest BCUT2D eigenvalue weighted by molar-refractivity contribution is -0.104. The minimum absolute atomic E-state index is 0.0378. The van der Waals surface area contributed by atoms with Crippen molar-refractivity contribution < 1.29 is 24.4 Å². The predicted octanol–water partition coefficient (Wildman–Crippen LogP) is 11.5. The predicted molar refractivity (Wildman–Crippen MR) is 194 cm³/mol. The second kappa shape index (κ2) is 36.6. The van der Waals surface area contributed by atoms with E-state index in [1.54, 1.807) is 0 Å². The summed E-state index contributed by atoms with van der Waals surface area (Å²) in [6, 6.07) is 0. The molecule has 0 saturated carbocycles. The first-order valence-electron chi connectivity index (χ1n) is 20.1. The van der Waals surface area contributed by atoms with E-state index in [9.17, 15) is 5.11 Å². The van der Waals surface area contributed by atoms with Crippen LogP contribution in [0.3, 0.4) is 0 Å². The fourth-order valence-corrected chi connectivity index (χ4v) is 6.28. The van der Waals surface area contributed by atoms with Crippen LogP contribution in [0.15, 0.2) is 0 Å². The Morgan fingerprint density at radius 1 is 0.422 bits per heavy atom. The molecule has 0 amide bonds. The Morgan fingerprint density at radius 2 is 0.711 bits per heavy atom. The van der Waals surface area contributed by atoms with Gasteiger partial charge in [0.05, 0.1) is 51.3 Å². The standard InChI is InChI=1S/C40H82O5/c1-4-5-6-7-8-9-10-11-12-13-14-15-16-17-18-19-20-21-22-23-24-25-26-27-28-29-30-31-32-39(40(2,3)42)45-38-37-44-36-35-43-34-33-41/h39,41-42H,4-38H2,1-3H3. The number of aliphatic hydroxyl groups excluding tert-OH is 1. The van der Waals surface area contributed by atoms with Crippen molar-refractivity contribution in [1.82, 2.24) is 0 Å². The maximum absolute atomic E-state index is 10.5. The summed E-state index contributed by atoms with van der Waals surface area (Å²) in [5.74, 6) is 0. The lowest BCUT2D eigenvalue weighted by atomic mass is 9.95. The van der Waals surface area contributed by atoms with Crippen LogP contribution in [0.5, 0.6) is 0 Å². The van der Waals surface area contributed by atoms with Gasteiger partial charge in [-0.1, -0.05) is 187 Å². The van der Waals surface area contributed by atoms with Crippen molar-refractivity contribution in [3.63, 3.8) is 0 Å². The number of hydrogen-bond donors (Lipinski definition) is 2. The Labute approximate surface area is 282 Å². The van der Waals surface area contributed by atoms with Crippen LogP contribution < -0.4 is 0 Å². The lowest BCUT2D eigenvalue weighted by Gasteiger charge is -2.29. The first kappa shape index (κ1) is 44.8. The molecule has 0 rings (SSSR count). The average molecular weight is 643 g/mol. The molecule has 0 spiro atoms. The summed E-state index contributed by atoms with van der Waals surface area (Å²) in [7, 11) is 0. The Balaban J connectivity index is 3.32. The van der Waals surface area contributed by atoms with Crippen LogP contribution in [0.2, 0.25) is 0 Å². The molecule has 0 aromatic heterocycles. The average Bonchev–Trinajstić information content (AvgIpc) is 3.02. The zero-order chi connectivity index (χ0) is 32.9. The van der Waals surface area contributed by atoms with E-state index in [1.807, 2.05) is 13.8 Å². The minimum atomic E-state index is -0.837. The third-order valence-corrected chi connectivity index (χ3v) is 9.26. The van der Waals surface area contributed by atoms with Crippen molar-refractivity contribution in [3.8, 4) is 0 Å². The van der Waals surface area contributed by atoms with E-state index in [1.165, 1.54) is 173 Å². The van der Waals surface area contributed by atoms with Gasteiger partial charge in [-0.2, -0.15) is 0 Å². The van der Waals surface area contributed by atoms with Gasteiger partial charge in [0.15, 0.2) is 0 Å². The normalized spacial score (nSPS) is 12.7. The molecule has 0 aliphatic heterocycles. The van der Waals surface area contributed by atoms with Gasteiger partial charge in [0, 0.05) is 0 Å². The molecule has 0 aromatic carbocycles. The summed E-state index contributed by atoms with van der Waals surface area (Å²) in [5.41, 5.74) is -0.837. The van der Waals surface area contributed by atoms with Gasteiger partial charge in [-0.25, -0.2) is 0 Å². The quantitative estimate of drug-likeness (QED) is 0.0653. The van der Waals surface area contributed by atoms with Gasteiger partial charge in [-0.3, -0.25) is 0 Å². The highest BCUT2D eigenvalue weighted by molar-refractivity contribution is 4.78. The monoisotopic (exact) mass is 643 g/mol. The maximum Gasteiger partial charge on any atom is 0.0857 e. The van der Waals surface area contributed by atoms with E-state index >= 15 is 0 Å². The summed E-state index contributed by atoms with van der Waals surface area (Å²) >= 11 is 0. The van der Waals surface area contributed by atoms with Gasteiger partial charge in [0.1, 0.15) is 0 Å². The van der Waals surface area contributed by atoms with Crippen molar-refractivity contribution in [1.29, 1.82) is 0 Å². The molecule has 2 N–H and O–H groups in total. The minimum Gasteiger partial charge on any atom is -0.394 e. The fourth-order valence-electron chi connectivity index (χ4n) is 6.28. The maximum atomic E-state index is 10.5.